The molecule has 0 aliphatic carbocycles. The van der Waals surface area contributed by atoms with Gasteiger partial charge in [0.05, 0.1) is 0 Å². The number of halogens is 1. The third-order valence-electron chi connectivity index (χ3n) is 2.07. The molecule has 0 heterocycles. The van der Waals surface area contributed by atoms with Gasteiger partial charge >= 0.3 is 6.09 Å². The summed E-state index contributed by atoms with van der Waals surface area (Å²) in [6.07, 6.45) is -2.03. The Kier molecular flexibility index (Phi) is 4.45. The molecule has 6 heteroatoms. The second-order valence-corrected chi connectivity index (χ2v) is 3.39. The Morgan fingerprint density at radius 3 is 2.71 bits per heavy atom. The number of rotatable bonds is 4. The molecule has 3 N–H and O–H groups in total. The molecule has 1 rings (SSSR count). The highest BCUT2D eigenvalue weighted by atomic mass is 19.1. The smallest absolute Gasteiger partial charge is 0.405 e. The van der Waals surface area contributed by atoms with Gasteiger partial charge in [-0.15, -0.1) is 0 Å². The van der Waals surface area contributed by atoms with Crippen molar-refractivity contribution in [2.45, 2.75) is 19.6 Å². The molecule has 1 aromatic carbocycles. The minimum absolute atomic E-state index is 0.0258. The summed E-state index contributed by atoms with van der Waals surface area (Å²) in [5.74, 6) is -0.941. The van der Waals surface area contributed by atoms with Crippen molar-refractivity contribution in [3.05, 3.63) is 35.6 Å². The Morgan fingerprint density at radius 1 is 1.47 bits per heavy atom. The summed E-state index contributed by atoms with van der Waals surface area (Å²) in [4.78, 5) is 21.8. The van der Waals surface area contributed by atoms with Gasteiger partial charge in [-0.05, 0) is 13.0 Å². The number of carbonyl (C=O) groups is 2. The first-order valence-corrected chi connectivity index (χ1v) is 4.98. The molecule has 0 radical (unpaired) electrons. The number of nitrogens with two attached hydrogens (primary N) is 1. The molecule has 92 valence electrons. The van der Waals surface area contributed by atoms with Gasteiger partial charge in [-0.2, -0.15) is 0 Å². The van der Waals surface area contributed by atoms with Crippen LogP contribution in [0.15, 0.2) is 24.3 Å². The molecule has 0 aromatic heterocycles. The van der Waals surface area contributed by atoms with Gasteiger partial charge in [0.25, 0.3) is 5.91 Å². The number of amides is 2. The summed E-state index contributed by atoms with van der Waals surface area (Å²) in [5, 5.41) is 2.43. The topological polar surface area (TPSA) is 81.4 Å². The largest absolute Gasteiger partial charge is 0.437 e. The molecule has 2 amide bonds. The van der Waals surface area contributed by atoms with Crippen molar-refractivity contribution < 1.29 is 18.7 Å². The van der Waals surface area contributed by atoms with E-state index in [1.807, 2.05) is 0 Å². The lowest BCUT2D eigenvalue weighted by Gasteiger charge is -2.11. The van der Waals surface area contributed by atoms with Gasteiger partial charge in [0.2, 0.25) is 0 Å². The van der Waals surface area contributed by atoms with Crippen LogP contribution in [0.2, 0.25) is 0 Å². The number of primary amides is 1. The van der Waals surface area contributed by atoms with Crippen molar-refractivity contribution in [1.82, 2.24) is 5.32 Å². The van der Waals surface area contributed by atoms with Crippen LogP contribution in [-0.2, 0) is 16.1 Å². The zero-order chi connectivity index (χ0) is 12.8. The summed E-state index contributed by atoms with van der Waals surface area (Å²) >= 11 is 0. The molecule has 0 saturated heterocycles. The molecule has 0 bridgehead atoms. The predicted octanol–water partition coefficient (Wildman–Crippen LogP) is 0.926. The summed E-state index contributed by atoms with van der Waals surface area (Å²) in [6.45, 7) is 1.40. The Bertz CT molecular complexity index is 423. The number of benzene rings is 1. The van der Waals surface area contributed by atoms with Gasteiger partial charge in [-0.25, -0.2) is 9.18 Å². The van der Waals surface area contributed by atoms with Crippen molar-refractivity contribution in [3.8, 4) is 0 Å². The van der Waals surface area contributed by atoms with Crippen LogP contribution in [-0.4, -0.2) is 18.1 Å². The first-order chi connectivity index (χ1) is 8.00. The summed E-state index contributed by atoms with van der Waals surface area (Å²) in [5.41, 5.74) is 5.12. The Morgan fingerprint density at radius 2 is 2.12 bits per heavy atom. The van der Waals surface area contributed by atoms with Crippen LogP contribution in [0.25, 0.3) is 0 Å². The molecule has 17 heavy (non-hydrogen) atoms. The predicted molar refractivity (Wildman–Crippen MR) is 58.4 cm³/mol. The van der Waals surface area contributed by atoms with E-state index in [1.165, 1.54) is 13.0 Å². The van der Waals surface area contributed by atoms with Crippen LogP contribution >= 0.6 is 0 Å². The van der Waals surface area contributed by atoms with Crippen LogP contribution in [0.3, 0.4) is 0 Å². The monoisotopic (exact) mass is 240 g/mol. The zero-order valence-corrected chi connectivity index (χ0v) is 9.27. The maximum Gasteiger partial charge on any atom is 0.405 e. The van der Waals surface area contributed by atoms with Crippen molar-refractivity contribution in [1.29, 1.82) is 0 Å². The second kappa shape index (κ2) is 5.83. The van der Waals surface area contributed by atoms with Gasteiger partial charge in [0.15, 0.2) is 6.10 Å². The Labute approximate surface area is 97.7 Å². The fraction of sp³-hybridized carbons (Fsp3) is 0.273. The standard InChI is InChI=1S/C11H13FN2O3/c1-7(17-11(13)16)10(15)14-6-8-4-2-3-5-9(8)12/h2-5,7H,6H2,1H3,(H2,13,16)(H,14,15). The van der Waals surface area contributed by atoms with Crippen molar-refractivity contribution >= 4 is 12.0 Å². The van der Waals surface area contributed by atoms with E-state index in [4.69, 9.17) is 5.73 Å². The van der Waals surface area contributed by atoms with Gasteiger partial charge in [0, 0.05) is 12.1 Å². The third kappa shape index (κ3) is 4.10. The van der Waals surface area contributed by atoms with E-state index in [9.17, 15) is 14.0 Å². The number of carbonyl (C=O) groups excluding carboxylic acids is 2. The van der Waals surface area contributed by atoms with E-state index < -0.39 is 23.9 Å². The number of hydrogen-bond donors (Lipinski definition) is 2. The maximum absolute atomic E-state index is 13.2. The van der Waals surface area contributed by atoms with Crippen molar-refractivity contribution in [2.24, 2.45) is 5.73 Å². The summed E-state index contributed by atoms with van der Waals surface area (Å²) < 4.78 is 17.7. The molecule has 1 atom stereocenters. The number of nitrogens with one attached hydrogen (secondary N) is 1. The molecular formula is C11H13FN2O3. The lowest BCUT2D eigenvalue weighted by molar-refractivity contribution is -0.128. The van der Waals surface area contributed by atoms with Crippen LogP contribution in [0.5, 0.6) is 0 Å². The lowest BCUT2D eigenvalue weighted by Crippen LogP contribution is -2.36. The minimum Gasteiger partial charge on any atom is -0.437 e. The van der Waals surface area contributed by atoms with E-state index in [0.717, 1.165) is 0 Å². The van der Waals surface area contributed by atoms with Crippen LogP contribution in [0.1, 0.15) is 12.5 Å². The van der Waals surface area contributed by atoms with Gasteiger partial charge < -0.3 is 15.8 Å². The quantitative estimate of drug-likeness (QED) is 0.821. The fourth-order valence-electron chi connectivity index (χ4n) is 1.20. The van der Waals surface area contributed by atoms with Crippen LogP contribution < -0.4 is 11.1 Å². The molecule has 0 aliphatic heterocycles. The van der Waals surface area contributed by atoms with Gasteiger partial charge in [-0.3, -0.25) is 4.79 Å². The Balaban J connectivity index is 2.48. The highest BCUT2D eigenvalue weighted by Gasteiger charge is 2.15. The first kappa shape index (κ1) is 13.0. The van der Waals surface area contributed by atoms with Gasteiger partial charge in [0.1, 0.15) is 5.82 Å². The van der Waals surface area contributed by atoms with E-state index in [0.29, 0.717) is 5.56 Å². The highest BCUT2D eigenvalue weighted by Crippen LogP contribution is 2.05. The van der Waals surface area contributed by atoms with Crippen LogP contribution in [0, 0.1) is 5.82 Å². The molecule has 0 fully saturated rings. The molecule has 0 saturated carbocycles. The number of ether oxygens (including phenoxy) is 1. The van der Waals surface area contributed by atoms with Crippen molar-refractivity contribution in [2.75, 3.05) is 0 Å². The van der Waals surface area contributed by atoms with E-state index in [2.05, 4.69) is 10.1 Å². The summed E-state index contributed by atoms with van der Waals surface area (Å²) in [6, 6.07) is 6.06. The average Bonchev–Trinajstić information content (AvgIpc) is 2.26. The molecule has 1 aromatic rings. The first-order valence-electron chi connectivity index (χ1n) is 4.98. The van der Waals surface area contributed by atoms with Crippen molar-refractivity contribution in [3.63, 3.8) is 0 Å². The Hall–Kier alpha value is -2.11. The lowest BCUT2D eigenvalue weighted by atomic mass is 10.2. The maximum atomic E-state index is 13.2. The normalized spacial score (nSPS) is 11.6. The molecular weight excluding hydrogens is 227 g/mol. The number of hydrogen-bond acceptors (Lipinski definition) is 3. The van der Waals surface area contributed by atoms with E-state index >= 15 is 0 Å². The van der Waals surface area contributed by atoms with E-state index in [-0.39, 0.29) is 6.54 Å². The van der Waals surface area contributed by atoms with Gasteiger partial charge in [-0.1, -0.05) is 18.2 Å². The fourth-order valence-corrected chi connectivity index (χ4v) is 1.20. The molecule has 5 nitrogen and oxygen atoms in total. The molecule has 1 unspecified atom stereocenters. The SMILES string of the molecule is CC(OC(N)=O)C(=O)NCc1ccccc1F. The zero-order valence-electron chi connectivity index (χ0n) is 9.27. The highest BCUT2D eigenvalue weighted by molar-refractivity contribution is 5.82. The average molecular weight is 240 g/mol. The third-order valence-corrected chi connectivity index (χ3v) is 2.07. The molecule has 0 spiro atoms. The second-order valence-electron chi connectivity index (χ2n) is 3.39. The minimum atomic E-state index is -1.03. The summed E-state index contributed by atoms with van der Waals surface area (Å²) in [7, 11) is 0. The van der Waals surface area contributed by atoms with E-state index in [1.54, 1.807) is 18.2 Å². The molecule has 0 aliphatic rings. The van der Waals surface area contributed by atoms with Crippen LogP contribution in [0.4, 0.5) is 9.18 Å².